The lowest BCUT2D eigenvalue weighted by atomic mass is 10.0. The fourth-order valence-electron chi connectivity index (χ4n) is 1.95. The number of para-hydroxylation sites is 2. The van der Waals surface area contributed by atoms with Crippen molar-refractivity contribution in [2.75, 3.05) is 5.32 Å². The summed E-state index contributed by atoms with van der Waals surface area (Å²) in [5, 5.41) is 2.88. The lowest BCUT2D eigenvalue weighted by Crippen LogP contribution is -2.34. The summed E-state index contributed by atoms with van der Waals surface area (Å²) in [6.07, 6.45) is 0. The number of hydrogen-bond acceptors (Lipinski definition) is 3. The Morgan fingerprint density at radius 2 is 1.83 bits per heavy atom. The van der Waals surface area contributed by atoms with Crippen molar-refractivity contribution in [1.82, 2.24) is 0 Å². The summed E-state index contributed by atoms with van der Waals surface area (Å²) in [6, 6.07) is 14.9. The fraction of sp³-hybridized carbons (Fsp3) is 0.278. The van der Waals surface area contributed by atoms with Crippen molar-refractivity contribution in [3.63, 3.8) is 0 Å². The topological polar surface area (TPSA) is 64.3 Å². The summed E-state index contributed by atoms with van der Waals surface area (Å²) in [5.74, 6) is 0.961. The molecule has 3 N–H and O–H groups in total. The predicted molar refractivity (Wildman–Crippen MR) is 96.4 cm³/mol. The zero-order valence-electron chi connectivity index (χ0n) is 13.6. The number of carbonyl (C=O) groups excluding carboxylic acids is 1. The molecule has 0 aliphatic heterocycles. The highest BCUT2D eigenvalue weighted by Gasteiger charge is 2.18. The van der Waals surface area contributed by atoms with Crippen LogP contribution < -0.4 is 15.8 Å². The number of benzene rings is 2. The summed E-state index contributed by atoms with van der Waals surface area (Å²) >= 11 is 0. The van der Waals surface area contributed by atoms with Crippen LogP contribution in [0.2, 0.25) is 0 Å². The first kappa shape index (κ1) is 19.0. The molecule has 0 fully saturated rings. The van der Waals surface area contributed by atoms with Gasteiger partial charge in [-0.05, 0) is 43.7 Å². The van der Waals surface area contributed by atoms with Gasteiger partial charge in [0.2, 0.25) is 5.91 Å². The van der Waals surface area contributed by atoms with Crippen LogP contribution in [0.25, 0.3) is 0 Å². The first-order valence-corrected chi connectivity index (χ1v) is 7.37. The highest BCUT2D eigenvalue weighted by Crippen LogP contribution is 2.30. The average molecular weight is 335 g/mol. The molecule has 2 unspecified atom stereocenters. The zero-order chi connectivity index (χ0) is 16.1. The number of ether oxygens (including phenoxy) is 1. The zero-order valence-corrected chi connectivity index (χ0v) is 14.4. The molecular weight excluding hydrogens is 312 g/mol. The normalized spacial score (nSPS) is 12.7. The minimum absolute atomic E-state index is 0. The molecule has 0 spiro atoms. The minimum atomic E-state index is -0.271. The van der Waals surface area contributed by atoms with E-state index in [4.69, 9.17) is 10.5 Å². The molecule has 0 saturated carbocycles. The monoisotopic (exact) mass is 334 g/mol. The molecule has 2 aromatic carbocycles. The molecule has 5 heteroatoms. The van der Waals surface area contributed by atoms with Gasteiger partial charge in [0.05, 0.1) is 11.6 Å². The molecule has 0 saturated heterocycles. The van der Waals surface area contributed by atoms with E-state index in [-0.39, 0.29) is 30.3 Å². The smallest absolute Gasteiger partial charge is 0.228 e. The number of amides is 1. The molecular formula is C18H23ClN2O2. The van der Waals surface area contributed by atoms with Crippen LogP contribution in [0.3, 0.4) is 0 Å². The minimum Gasteiger partial charge on any atom is -0.455 e. The quantitative estimate of drug-likeness (QED) is 0.864. The van der Waals surface area contributed by atoms with Gasteiger partial charge in [0.15, 0.2) is 5.75 Å². The van der Waals surface area contributed by atoms with Gasteiger partial charge in [0.25, 0.3) is 0 Å². The number of anilines is 1. The molecule has 0 aliphatic carbocycles. The summed E-state index contributed by atoms with van der Waals surface area (Å²) in [6.45, 7) is 5.63. The number of halogens is 1. The van der Waals surface area contributed by atoms with Crippen LogP contribution in [0.5, 0.6) is 11.5 Å². The molecule has 0 radical (unpaired) electrons. The molecule has 2 aromatic rings. The van der Waals surface area contributed by atoms with E-state index < -0.39 is 0 Å². The standard InChI is InChI=1S/C18H22N2O2.ClH/c1-12-7-6-8-15(11-12)22-17-10-5-4-9-16(17)20-18(21)13(2)14(3)19;/h4-11,13-14H,19H2,1-3H3,(H,20,21);1H. The van der Waals surface area contributed by atoms with Gasteiger partial charge in [-0.1, -0.05) is 31.2 Å². The van der Waals surface area contributed by atoms with Crippen molar-refractivity contribution < 1.29 is 9.53 Å². The van der Waals surface area contributed by atoms with Gasteiger partial charge in [0, 0.05) is 6.04 Å². The third kappa shape index (κ3) is 5.27. The van der Waals surface area contributed by atoms with E-state index in [1.54, 1.807) is 0 Å². The molecule has 0 bridgehead atoms. The van der Waals surface area contributed by atoms with E-state index >= 15 is 0 Å². The predicted octanol–water partition coefficient (Wildman–Crippen LogP) is 4.13. The Labute approximate surface area is 143 Å². The average Bonchev–Trinajstić information content (AvgIpc) is 2.48. The second-order valence-electron chi connectivity index (χ2n) is 5.55. The molecule has 0 heterocycles. The van der Waals surface area contributed by atoms with E-state index in [0.717, 1.165) is 11.3 Å². The van der Waals surface area contributed by atoms with E-state index in [2.05, 4.69) is 5.32 Å². The van der Waals surface area contributed by atoms with E-state index in [0.29, 0.717) is 11.4 Å². The molecule has 0 aromatic heterocycles. The number of nitrogens with two attached hydrogens (primary N) is 1. The second-order valence-corrected chi connectivity index (χ2v) is 5.55. The molecule has 2 atom stereocenters. The molecule has 1 amide bonds. The maximum atomic E-state index is 12.2. The highest BCUT2D eigenvalue weighted by atomic mass is 35.5. The van der Waals surface area contributed by atoms with Crippen LogP contribution in [0.15, 0.2) is 48.5 Å². The van der Waals surface area contributed by atoms with Crippen LogP contribution in [-0.2, 0) is 4.79 Å². The van der Waals surface area contributed by atoms with E-state index in [1.807, 2.05) is 69.3 Å². The molecule has 23 heavy (non-hydrogen) atoms. The molecule has 4 nitrogen and oxygen atoms in total. The number of carbonyl (C=O) groups is 1. The van der Waals surface area contributed by atoms with Gasteiger partial charge in [-0.15, -0.1) is 12.4 Å². The van der Waals surface area contributed by atoms with Gasteiger partial charge in [0.1, 0.15) is 5.75 Å². The van der Waals surface area contributed by atoms with Crippen LogP contribution in [0.4, 0.5) is 5.69 Å². The van der Waals surface area contributed by atoms with Crippen LogP contribution >= 0.6 is 12.4 Å². The summed E-state index contributed by atoms with van der Waals surface area (Å²) in [7, 11) is 0. The molecule has 124 valence electrons. The van der Waals surface area contributed by atoms with Gasteiger partial charge in [-0.2, -0.15) is 0 Å². The van der Waals surface area contributed by atoms with Crippen molar-refractivity contribution in [2.24, 2.45) is 11.7 Å². The van der Waals surface area contributed by atoms with Crippen LogP contribution in [-0.4, -0.2) is 11.9 Å². The second kappa shape index (κ2) is 8.56. The Hall–Kier alpha value is -2.04. The maximum Gasteiger partial charge on any atom is 0.228 e. The van der Waals surface area contributed by atoms with E-state index in [1.165, 1.54) is 0 Å². The third-order valence-corrected chi connectivity index (χ3v) is 3.56. The van der Waals surface area contributed by atoms with Gasteiger partial charge < -0.3 is 15.8 Å². The summed E-state index contributed by atoms with van der Waals surface area (Å²) in [5.41, 5.74) is 7.53. The number of hydrogen-bond donors (Lipinski definition) is 2. The van der Waals surface area contributed by atoms with Crippen molar-refractivity contribution in [3.05, 3.63) is 54.1 Å². The van der Waals surface area contributed by atoms with Gasteiger partial charge in [-0.25, -0.2) is 0 Å². The largest absolute Gasteiger partial charge is 0.455 e. The Kier molecular flexibility index (Phi) is 7.07. The Balaban J connectivity index is 0.00000264. The van der Waals surface area contributed by atoms with Gasteiger partial charge >= 0.3 is 0 Å². The lowest BCUT2D eigenvalue weighted by Gasteiger charge is -2.17. The SMILES string of the molecule is Cc1cccc(Oc2ccccc2NC(=O)C(C)C(C)N)c1.Cl. The maximum absolute atomic E-state index is 12.2. The van der Waals surface area contributed by atoms with Crippen molar-refractivity contribution in [2.45, 2.75) is 26.8 Å². The Morgan fingerprint density at radius 3 is 2.48 bits per heavy atom. The molecule has 0 aliphatic rings. The van der Waals surface area contributed by atoms with E-state index in [9.17, 15) is 4.79 Å². The van der Waals surface area contributed by atoms with Crippen molar-refractivity contribution in [3.8, 4) is 11.5 Å². The third-order valence-electron chi connectivity index (χ3n) is 3.56. The van der Waals surface area contributed by atoms with Crippen molar-refractivity contribution in [1.29, 1.82) is 0 Å². The highest BCUT2D eigenvalue weighted by molar-refractivity contribution is 5.94. The molecule has 2 rings (SSSR count). The first-order valence-electron chi connectivity index (χ1n) is 7.37. The summed E-state index contributed by atoms with van der Waals surface area (Å²) < 4.78 is 5.89. The number of aryl methyl sites for hydroxylation is 1. The van der Waals surface area contributed by atoms with Crippen LogP contribution in [0.1, 0.15) is 19.4 Å². The number of nitrogens with one attached hydrogen (secondary N) is 1. The van der Waals surface area contributed by atoms with Gasteiger partial charge in [-0.3, -0.25) is 4.79 Å². The lowest BCUT2D eigenvalue weighted by molar-refractivity contribution is -0.119. The fourth-order valence-corrected chi connectivity index (χ4v) is 1.95. The number of rotatable bonds is 5. The Morgan fingerprint density at radius 1 is 1.13 bits per heavy atom. The van der Waals surface area contributed by atoms with Crippen molar-refractivity contribution >= 4 is 24.0 Å². The van der Waals surface area contributed by atoms with Crippen LogP contribution in [0, 0.1) is 12.8 Å². The first-order chi connectivity index (χ1) is 10.5. The summed E-state index contributed by atoms with van der Waals surface area (Å²) in [4.78, 5) is 12.2. The Bertz CT molecular complexity index is 659.